The Morgan fingerprint density at radius 1 is 1.40 bits per heavy atom. The van der Waals surface area contributed by atoms with Crippen LogP contribution < -0.4 is 0 Å². The Bertz CT molecular complexity index is 521. The number of thiocyanates is 1. The number of ether oxygens (including phenoxy) is 1. The zero-order chi connectivity index (χ0) is 14.8. The SMILES string of the molecule is COC1CN(Cc2cc(SC#N)cc(C(F)(F)F)c2)C1. The van der Waals surface area contributed by atoms with Gasteiger partial charge in [-0.05, 0) is 35.5 Å². The van der Waals surface area contributed by atoms with Crippen molar-refractivity contribution in [2.75, 3.05) is 20.2 Å². The average molecular weight is 302 g/mol. The van der Waals surface area contributed by atoms with Gasteiger partial charge in [-0.25, -0.2) is 0 Å². The third kappa shape index (κ3) is 3.66. The van der Waals surface area contributed by atoms with Crippen molar-refractivity contribution in [1.82, 2.24) is 4.90 Å². The Morgan fingerprint density at radius 2 is 2.10 bits per heavy atom. The van der Waals surface area contributed by atoms with Crippen LogP contribution in [0, 0.1) is 10.7 Å². The second kappa shape index (κ2) is 6.04. The van der Waals surface area contributed by atoms with Gasteiger partial charge in [-0.2, -0.15) is 18.4 Å². The van der Waals surface area contributed by atoms with Crippen molar-refractivity contribution in [3.63, 3.8) is 0 Å². The zero-order valence-corrected chi connectivity index (χ0v) is 11.6. The van der Waals surface area contributed by atoms with Crippen molar-refractivity contribution >= 4 is 11.8 Å². The summed E-state index contributed by atoms with van der Waals surface area (Å²) in [5, 5.41) is 10.4. The molecule has 1 aliphatic heterocycles. The van der Waals surface area contributed by atoms with Crippen LogP contribution in [0.25, 0.3) is 0 Å². The number of likely N-dealkylation sites (tertiary alicyclic amines) is 1. The van der Waals surface area contributed by atoms with E-state index < -0.39 is 11.7 Å². The lowest BCUT2D eigenvalue weighted by molar-refractivity contribution is -0.137. The first-order valence-corrected chi connectivity index (χ1v) is 6.76. The predicted octanol–water partition coefficient (Wildman–Crippen LogP) is 3.11. The minimum Gasteiger partial charge on any atom is -0.379 e. The number of hydrogen-bond donors (Lipinski definition) is 0. The van der Waals surface area contributed by atoms with E-state index in [9.17, 15) is 13.2 Å². The number of alkyl halides is 3. The van der Waals surface area contributed by atoms with E-state index in [1.165, 1.54) is 0 Å². The van der Waals surface area contributed by atoms with E-state index in [-0.39, 0.29) is 6.10 Å². The van der Waals surface area contributed by atoms with Crippen molar-refractivity contribution in [1.29, 1.82) is 5.26 Å². The number of nitrogens with zero attached hydrogens (tertiary/aromatic N) is 2. The van der Waals surface area contributed by atoms with Gasteiger partial charge in [-0.1, -0.05) is 0 Å². The molecule has 0 aliphatic carbocycles. The number of halogens is 3. The summed E-state index contributed by atoms with van der Waals surface area (Å²) >= 11 is 0.740. The lowest BCUT2D eigenvalue weighted by atomic mass is 10.1. The summed E-state index contributed by atoms with van der Waals surface area (Å²) in [6, 6.07) is 3.77. The molecule has 0 bridgehead atoms. The Labute approximate surface area is 119 Å². The van der Waals surface area contributed by atoms with Crippen molar-refractivity contribution < 1.29 is 17.9 Å². The maximum atomic E-state index is 12.8. The van der Waals surface area contributed by atoms with Gasteiger partial charge in [0.15, 0.2) is 0 Å². The van der Waals surface area contributed by atoms with E-state index in [0.29, 0.717) is 30.1 Å². The lowest BCUT2D eigenvalue weighted by Crippen LogP contribution is -2.50. The molecule has 108 valence electrons. The smallest absolute Gasteiger partial charge is 0.379 e. The molecule has 2 rings (SSSR count). The minimum absolute atomic E-state index is 0.161. The van der Waals surface area contributed by atoms with Crippen LogP contribution in [0.1, 0.15) is 11.1 Å². The number of rotatable bonds is 4. The highest BCUT2D eigenvalue weighted by Crippen LogP contribution is 2.33. The molecular formula is C13H13F3N2OS. The summed E-state index contributed by atoms with van der Waals surface area (Å²) in [5.74, 6) is 0. The van der Waals surface area contributed by atoms with Crippen LogP contribution in [0.3, 0.4) is 0 Å². The zero-order valence-electron chi connectivity index (χ0n) is 10.8. The van der Waals surface area contributed by atoms with Crippen molar-refractivity contribution in [3.05, 3.63) is 29.3 Å². The highest BCUT2D eigenvalue weighted by atomic mass is 32.2. The van der Waals surface area contributed by atoms with E-state index >= 15 is 0 Å². The van der Waals surface area contributed by atoms with Crippen molar-refractivity contribution in [2.24, 2.45) is 0 Å². The summed E-state index contributed by atoms with van der Waals surface area (Å²) in [6.07, 6.45) is -4.24. The molecule has 1 fully saturated rings. The number of nitriles is 1. The van der Waals surface area contributed by atoms with Crippen LogP contribution in [-0.2, 0) is 17.5 Å². The molecule has 1 aromatic rings. The van der Waals surface area contributed by atoms with E-state index in [1.54, 1.807) is 18.6 Å². The average Bonchev–Trinajstić information content (AvgIpc) is 2.32. The normalized spacial score (nSPS) is 16.8. The molecule has 0 spiro atoms. The van der Waals surface area contributed by atoms with Crippen LogP contribution in [0.5, 0.6) is 0 Å². The third-order valence-corrected chi connectivity index (χ3v) is 3.68. The van der Waals surface area contributed by atoms with E-state index in [2.05, 4.69) is 0 Å². The summed E-state index contributed by atoms with van der Waals surface area (Å²) in [6.45, 7) is 1.86. The fourth-order valence-electron chi connectivity index (χ4n) is 2.09. The van der Waals surface area contributed by atoms with Crippen LogP contribution >= 0.6 is 11.8 Å². The lowest BCUT2D eigenvalue weighted by Gasteiger charge is -2.38. The van der Waals surface area contributed by atoms with Gasteiger partial charge >= 0.3 is 6.18 Å². The van der Waals surface area contributed by atoms with Crippen LogP contribution in [0.2, 0.25) is 0 Å². The Hall–Kier alpha value is -1.23. The van der Waals surface area contributed by atoms with Gasteiger partial charge < -0.3 is 4.74 Å². The van der Waals surface area contributed by atoms with Gasteiger partial charge in [0.1, 0.15) is 5.40 Å². The van der Waals surface area contributed by atoms with Crippen molar-refractivity contribution in [2.45, 2.75) is 23.7 Å². The molecule has 0 aromatic heterocycles. The monoisotopic (exact) mass is 302 g/mol. The maximum Gasteiger partial charge on any atom is 0.416 e. The quantitative estimate of drug-likeness (QED) is 0.632. The highest BCUT2D eigenvalue weighted by molar-refractivity contribution is 8.03. The molecule has 1 saturated heterocycles. The standard InChI is InChI=1S/C13H13F3N2OS/c1-19-11-6-18(7-11)5-9-2-10(13(14,15)16)4-12(3-9)20-8-17/h2-4,11H,5-7H2,1H3. The number of methoxy groups -OCH3 is 1. The largest absolute Gasteiger partial charge is 0.416 e. The molecule has 0 saturated carbocycles. The van der Waals surface area contributed by atoms with Crippen LogP contribution in [0.4, 0.5) is 13.2 Å². The summed E-state index contributed by atoms with van der Waals surface area (Å²) < 4.78 is 43.6. The van der Waals surface area contributed by atoms with Gasteiger partial charge in [0.05, 0.1) is 11.7 Å². The third-order valence-electron chi connectivity index (χ3n) is 3.12. The molecule has 0 N–H and O–H groups in total. The Morgan fingerprint density at radius 3 is 2.65 bits per heavy atom. The second-order valence-corrected chi connectivity index (χ2v) is 5.47. The summed E-state index contributed by atoms with van der Waals surface area (Å²) in [5.41, 5.74) is -0.149. The van der Waals surface area contributed by atoms with Gasteiger partial charge in [0, 0.05) is 31.6 Å². The topological polar surface area (TPSA) is 36.3 Å². The molecule has 0 radical (unpaired) electrons. The Balaban J connectivity index is 2.15. The number of benzene rings is 1. The number of thioether (sulfide) groups is 1. The first-order chi connectivity index (χ1) is 9.42. The minimum atomic E-state index is -4.40. The van der Waals surface area contributed by atoms with Crippen molar-refractivity contribution in [3.8, 4) is 5.40 Å². The van der Waals surface area contributed by atoms with Gasteiger partial charge in [0.25, 0.3) is 0 Å². The fourth-order valence-corrected chi connectivity index (χ4v) is 2.59. The molecule has 0 unspecified atom stereocenters. The molecular weight excluding hydrogens is 289 g/mol. The second-order valence-electron chi connectivity index (χ2n) is 4.61. The van der Waals surface area contributed by atoms with Gasteiger partial charge in [-0.3, -0.25) is 4.90 Å². The molecule has 0 amide bonds. The predicted molar refractivity (Wildman–Crippen MR) is 69.0 cm³/mol. The number of hydrogen-bond acceptors (Lipinski definition) is 4. The molecule has 0 atom stereocenters. The fraction of sp³-hybridized carbons (Fsp3) is 0.462. The summed E-state index contributed by atoms with van der Waals surface area (Å²) in [7, 11) is 1.62. The summed E-state index contributed by atoms with van der Waals surface area (Å²) in [4.78, 5) is 2.32. The molecule has 7 heteroatoms. The first-order valence-electron chi connectivity index (χ1n) is 5.94. The Kier molecular flexibility index (Phi) is 4.58. The highest BCUT2D eigenvalue weighted by Gasteiger charge is 2.32. The first kappa shape index (κ1) is 15.2. The molecule has 3 nitrogen and oxygen atoms in total. The van der Waals surface area contributed by atoms with E-state index in [4.69, 9.17) is 10.00 Å². The molecule has 1 aromatic carbocycles. The molecule has 1 heterocycles. The van der Waals surface area contributed by atoms with E-state index in [0.717, 1.165) is 23.9 Å². The molecule has 20 heavy (non-hydrogen) atoms. The van der Waals surface area contributed by atoms with Gasteiger partial charge in [0.2, 0.25) is 0 Å². The van der Waals surface area contributed by atoms with E-state index in [1.807, 2.05) is 4.90 Å². The maximum absolute atomic E-state index is 12.8. The van der Waals surface area contributed by atoms with Gasteiger partial charge in [-0.15, -0.1) is 0 Å². The van der Waals surface area contributed by atoms with Crippen LogP contribution in [0.15, 0.2) is 23.1 Å². The molecule has 1 aliphatic rings. The van der Waals surface area contributed by atoms with Crippen LogP contribution in [-0.4, -0.2) is 31.2 Å².